The number of pyridine rings is 1. The van der Waals surface area contributed by atoms with E-state index in [0.29, 0.717) is 23.4 Å². The minimum atomic E-state index is -0.347. The monoisotopic (exact) mass is 452 g/mol. The van der Waals surface area contributed by atoms with Gasteiger partial charge >= 0.3 is 0 Å². The maximum atomic E-state index is 12.5. The number of ether oxygens (including phenoxy) is 1. The third-order valence-electron chi connectivity index (χ3n) is 5.35. The molecule has 176 valence electrons. The number of nitrogens with zero attached hydrogens (tertiary/aromatic N) is 3. The first-order valence-corrected chi connectivity index (χ1v) is 11.2. The van der Waals surface area contributed by atoms with E-state index in [1.165, 1.54) is 6.42 Å². The molecule has 2 amide bonds. The molecule has 1 aliphatic carbocycles. The normalized spacial score (nSPS) is 13.7. The van der Waals surface area contributed by atoms with Crippen LogP contribution in [0.25, 0.3) is 0 Å². The quantitative estimate of drug-likeness (QED) is 0.319. The topological polar surface area (TPSA) is 122 Å². The number of aliphatic imine (C=N–C) groups is 1. The van der Waals surface area contributed by atoms with Crippen molar-refractivity contribution in [2.24, 2.45) is 10.7 Å². The number of aryl methyl sites for hydroxylation is 2. The Hall–Kier alpha value is -3.46. The lowest BCUT2D eigenvalue weighted by Crippen LogP contribution is -2.37. The van der Waals surface area contributed by atoms with Crippen molar-refractivity contribution in [2.45, 2.75) is 32.1 Å². The second-order valence-corrected chi connectivity index (χ2v) is 8.24. The van der Waals surface area contributed by atoms with Crippen molar-refractivity contribution in [3.8, 4) is 5.75 Å². The van der Waals surface area contributed by atoms with Crippen LogP contribution in [0.5, 0.6) is 5.75 Å². The molecule has 0 fully saturated rings. The molecule has 1 aromatic heterocycles. The van der Waals surface area contributed by atoms with Gasteiger partial charge in [0.15, 0.2) is 12.7 Å². The number of guanidine groups is 1. The summed E-state index contributed by atoms with van der Waals surface area (Å²) in [4.78, 5) is 35.1. The number of hydrogen-bond acceptors (Lipinski definition) is 6. The minimum absolute atomic E-state index is 0.0353. The van der Waals surface area contributed by atoms with Crippen LogP contribution in [0.4, 0.5) is 0 Å². The van der Waals surface area contributed by atoms with Gasteiger partial charge in [0.05, 0.1) is 5.56 Å². The van der Waals surface area contributed by atoms with Crippen LogP contribution >= 0.6 is 0 Å². The number of carbonyl (C=O) groups is 2. The second-order valence-electron chi connectivity index (χ2n) is 8.24. The Labute approximate surface area is 194 Å². The van der Waals surface area contributed by atoms with Gasteiger partial charge in [0.25, 0.3) is 11.8 Å². The lowest BCUT2D eigenvalue weighted by molar-refractivity contribution is 0.0948. The fraction of sp³-hybridized carbons (Fsp3) is 0.417. The summed E-state index contributed by atoms with van der Waals surface area (Å²) in [6.07, 6.45) is 6.92. The van der Waals surface area contributed by atoms with Gasteiger partial charge in [-0.05, 0) is 75.7 Å². The number of rotatable bonds is 8. The number of nitrogens with two attached hydrogens (primary N) is 1. The van der Waals surface area contributed by atoms with Crippen molar-refractivity contribution in [1.82, 2.24) is 20.5 Å². The number of carbonyl (C=O) groups excluding carboxylic acids is 2. The predicted molar refractivity (Wildman–Crippen MR) is 127 cm³/mol. The molecular weight excluding hydrogens is 420 g/mol. The molecule has 0 bridgehead atoms. The first-order chi connectivity index (χ1) is 15.9. The molecule has 2 aromatic rings. The average molecular weight is 453 g/mol. The van der Waals surface area contributed by atoms with Crippen LogP contribution < -0.4 is 21.1 Å². The van der Waals surface area contributed by atoms with Crippen molar-refractivity contribution < 1.29 is 14.3 Å². The van der Waals surface area contributed by atoms with E-state index < -0.39 is 0 Å². The molecular formula is C24H32N6O3. The van der Waals surface area contributed by atoms with Gasteiger partial charge in [0, 0.05) is 30.5 Å². The lowest BCUT2D eigenvalue weighted by atomic mass is 10.1. The van der Waals surface area contributed by atoms with Gasteiger partial charge in [-0.3, -0.25) is 19.9 Å². The number of amides is 2. The summed E-state index contributed by atoms with van der Waals surface area (Å²) in [6, 6.07) is 8.63. The molecule has 9 heteroatoms. The van der Waals surface area contributed by atoms with Gasteiger partial charge < -0.3 is 20.7 Å². The van der Waals surface area contributed by atoms with Gasteiger partial charge in [-0.1, -0.05) is 6.42 Å². The summed E-state index contributed by atoms with van der Waals surface area (Å²) in [5, 5.41) is 5.42. The Balaban J connectivity index is 1.47. The molecule has 0 radical (unpaired) electrons. The number of fused-ring (bicyclic) bond motifs is 1. The average Bonchev–Trinajstić information content (AvgIpc) is 3.04. The largest absolute Gasteiger partial charge is 0.471 e. The van der Waals surface area contributed by atoms with Crippen molar-refractivity contribution in [1.29, 1.82) is 0 Å². The van der Waals surface area contributed by atoms with Crippen LogP contribution in [0, 0.1) is 0 Å². The number of aromatic nitrogens is 1. The Morgan fingerprint density at radius 3 is 2.61 bits per heavy atom. The fourth-order valence-corrected chi connectivity index (χ4v) is 3.49. The van der Waals surface area contributed by atoms with Gasteiger partial charge in [-0.25, -0.2) is 4.99 Å². The van der Waals surface area contributed by atoms with Crippen molar-refractivity contribution in [3.05, 3.63) is 58.9 Å². The van der Waals surface area contributed by atoms with E-state index >= 15 is 0 Å². The van der Waals surface area contributed by atoms with Crippen LogP contribution in [0.2, 0.25) is 0 Å². The Morgan fingerprint density at radius 2 is 1.85 bits per heavy atom. The molecule has 0 aliphatic heterocycles. The first-order valence-electron chi connectivity index (χ1n) is 11.2. The Morgan fingerprint density at radius 1 is 1.09 bits per heavy atom. The SMILES string of the molecule is CN(C)CCNC(=O)c1ccc(OCN=C(N)NC(=O)c2cnc3c(c2)CCCCC3)cc1. The predicted octanol–water partition coefficient (Wildman–Crippen LogP) is 1.72. The van der Waals surface area contributed by atoms with E-state index in [1.807, 2.05) is 25.1 Å². The highest BCUT2D eigenvalue weighted by molar-refractivity contribution is 6.05. The molecule has 4 N–H and O–H groups in total. The molecule has 0 saturated heterocycles. The van der Waals surface area contributed by atoms with Gasteiger partial charge in [-0.2, -0.15) is 0 Å². The standard InChI is InChI=1S/C24H32N6O3/c1-30(2)13-12-26-22(31)17-8-10-20(11-9-17)33-16-28-24(25)29-23(32)19-14-18-6-4-3-5-7-21(18)27-15-19/h8-11,14-15H,3-7,12-13,16H2,1-2H3,(H,26,31)(H3,25,28,29,32). The molecule has 9 nitrogen and oxygen atoms in total. The van der Waals surface area contributed by atoms with E-state index in [2.05, 4.69) is 20.6 Å². The molecule has 0 unspecified atom stereocenters. The summed E-state index contributed by atoms with van der Waals surface area (Å²) >= 11 is 0. The highest BCUT2D eigenvalue weighted by atomic mass is 16.5. The summed E-state index contributed by atoms with van der Waals surface area (Å²) < 4.78 is 5.53. The van der Waals surface area contributed by atoms with E-state index in [4.69, 9.17) is 10.5 Å². The molecule has 1 aromatic carbocycles. The Kier molecular flexibility index (Phi) is 8.77. The third kappa shape index (κ3) is 7.57. The molecule has 0 spiro atoms. The molecule has 33 heavy (non-hydrogen) atoms. The zero-order valence-corrected chi connectivity index (χ0v) is 19.3. The summed E-state index contributed by atoms with van der Waals surface area (Å²) in [5.74, 6) is 0.0191. The molecule has 0 saturated carbocycles. The highest BCUT2D eigenvalue weighted by Crippen LogP contribution is 2.19. The van der Waals surface area contributed by atoms with Crippen LogP contribution in [0.1, 0.15) is 51.2 Å². The van der Waals surface area contributed by atoms with E-state index in [9.17, 15) is 9.59 Å². The third-order valence-corrected chi connectivity index (χ3v) is 5.35. The van der Waals surface area contributed by atoms with Crippen LogP contribution in [-0.2, 0) is 12.8 Å². The van der Waals surface area contributed by atoms with Crippen molar-refractivity contribution >= 4 is 17.8 Å². The van der Waals surface area contributed by atoms with E-state index in [-0.39, 0.29) is 24.5 Å². The van der Waals surface area contributed by atoms with Gasteiger partial charge in [0.2, 0.25) is 0 Å². The minimum Gasteiger partial charge on any atom is -0.471 e. The van der Waals surface area contributed by atoms with Crippen molar-refractivity contribution in [3.63, 3.8) is 0 Å². The van der Waals surface area contributed by atoms with Crippen LogP contribution in [-0.4, -0.2) is 61.6 Å². The fourth-order valence-electron chi connectivity index (χ4n) is 3.49. The second kappa shape index (κ2) is 12.0. The van der Waals surface area contributed by atoms with Crippen LogP contribution in [0.3, 0.4) is 0 Å². The molecule has 1 heterocycles. The Bertz CT molecular complexity index is 988. The number of hydrogen-bond donors (Lipinski definition) is 3. The zero-order valence-electron chi connectivity index (χ0n) is 19.3. The van der Waals surface area contributed by atoms with E-state index in [1.54, 1.807) is 30.5 Å². The maximum Gasteiger partial charge on any atom is 0.259 e. The molecule has 0 atom stereocenters. The first kappa shape index (κ1) is 24.2. The lowest BCUT2D eigenvalue weighted by Gasteiger charge is -2.11. The number of nitrogens with one attached hydrogen (secondary N) is 2. The molecule has 1 aliphatic rings. The summed E-state index contributed by atoms with van der Waals surface area (Å²) in [7, 11) is 3.90. The summed E-state index contributed by atoms with van der Waals surface area (Å²) in [6.45, 7) is 1.28. The zero-order chi connectivity index (χ0) is 23.6. The van der Waals surface area contributed by atoms with E-state index in [0.717, 1.165) is 43.5 Å². The summed E-state index contributed by atoms with van der Waals surface area (Å²) in [5.41, 5.74) is 9.06. The van der Waals surface area contributed by atoms with Crippen molar-refractivity contribution in [2.75, 3.05) is 33.9 Å². The molecule has 3 rings (SSSR count). The number of benzene rings is 1. The van der Waals surface area contributed by atoms with Crippen LogP contribution in [0.15, 0.2) is 41.5 Å². The van der Waals surface area contributed by atoms with Gasteiger partial charge in [-0.15, -0.1) is 0 Å². The van der Waals surface area contributed by atoms with Gasteiger partial charge in [0.1, 0.15) is 5.75 Å². The smallest absolute Gasteiger partial charge is 0.259 e. The maximum absolute atomic E-state index is 12.5. The number of likely N-dealkylation sites (N-methyl/N-ethyl adjacent to an activating group) is 1. The highest BCUT2D eigenvalue weighted by Gasteiger charge is 2.14.